The molecule has 0 spiro atoms. The highest BCUT2D eigenvalue weighted by Crippen LogP contribution is 2.34. The number of carbonyl (C=O) groups is 2. The smallest absolute Gasteiger partial charge is 0.376 e. The Labute approximate surface area is 152 Å². The van der Waals surface area contributed by atoms with E-state index in [0.717, 1.165) is 12.1 Å². The molecule has 9 heteroatoms. The second-order valence-electron chi connectivity index (χ2n) is 5.66. The summed E-state index contributed by atoms with van der Waals surface area (Å²) >= 11 is 1.28. The Hall–Kier alpha value is -2.55. The van der Waals surface area contributed by atoms with Crippen LogP contribution in [0, 0.1) is 0 Å². The van der Waals surface area contributed by atoms with Gasteiger partial charge in [0, 0.05) is 27.1 Å². The minimum atomic E-state index is -4.50. The number of hydrogen-bond acceptors (Lipinski definition) is 4. The molecule has 2 N–H and O–H groups in total. The molecule has 26 heavy (non-hydrogen) atoms. The van der Waals surface area contributed by atoms with E-state index in [4.69, 9.17) is 0 Å². The summed E-state index contributed by atoms with van der Waals surface area (Å²) in [6.45, 7) is 0.0822. The fourth-order valence-electron chi connectivity index (χ4n) is 2.20. The number of carbonyl (C=O) groups excluding carboxylic acids is 2. The molecule has 2 aromatic rings. The molecule has 0 aliphatic heterocycles. The molecule has 0 bridgehead atoms. The maximum Gasteiger partial charge on any atom is 0.416 e. The predicted molar refractivity (Wildman–Crippen MR) is 95.7 cm³/mol. The molecule has 1 aromatic carbocycles. The number of hydrogen-bond donors (Lipinski definition) is 2. The van der Waals surface area contributed by atoms with Gasteiger partial charge in [0.05, 0.1) is 21.8 Å². The molecule has 2 rings (SSSR count). The highest BCUT2D eigenvalue weighted by molar-refractivity contribution is 7.12. The van der Waals surface area contributed by atoms with Crippen molar-refractivity contribution in [3.63, 3.8) is 0 Å². The molecule has 0 unspecified atom stereocenters. The summed E-state index contributed by atoms with van der Waals surface area (Å²) in [5.41, 5.74) is -0.322. The normalized spacial score (nSPS) is 11.1. The van der Waals surface area contributed by atoms with Gasteiger partial charge in [-0.3, -0.25) is 9.59 Å². The molecule has 5 nitrogen and oxygen atoms in total. The molecule has 140 valence electrons. The third-order valence-corrected chi connectivity index (χ3v) is 4.33. The fraction of sp³-hybridized carbons (Fsp3) is 0.294. The summed E-state index contributed by atoms with van der Waals surface area (Å²) in [7, 11) is 3.33. The first-order valence-electron chi connectivity index (χ1n) is 7.68. The van der Waals surface area contributed by atoms with Crippen LogP contribution in [0.4, 0.5) is 24.5 Å². The molecule has 0 radical (unpaired) electrons. The Morgan fingerprint density at radius 3 is 2.50 bits per heavy atom. The molecule has 2 amide bonds. The van der Waals surface area contributed by atoms with E-state index in [1.807, 2.05) is 0 Å². The van der Waals surface area contributed by atoms with E-state index in [1.54, 1.807) is 36.5 Å². The minimum Gasteiger partial charge on any atom is -0.376 e. The van der Waals surface area contributed by atoms with E-state index < -0.39 is 17.6 Å². The molecular formula is C17H18F3N3O2S. The molecule has 0 aliphatic carbocycles. The lowest BCUT2D eigenvalue weighted by Gasteiger charge is -2.20. The molecule has 1 heterocycles. The summed E-state index contributed by atoms with van der Waals surface area (Å²) in [5, 5.41) is 6.84. The highest BCUT2D eigenvalue weighted by atomic mass is 32.1. The third-order valence-electron chi connectivity index (χ3n) is 3.46. The van der Waals surface area contributed by atoms with Gasteiger partial charge in [0.15, 0.2) is 0 Å². The first-order chi connectivity index (χ1) is 12.2. The van der Waals surface area contributed by atoms with E-state index in [9.17, 15) is 22.8 Å². The molecule has 0 atom stereocenters. The lowest BCUT2D eigenvalue weighted by molar-refractivity contribution is -0.137. The zero-order valence-electron chi connectivity index (χ0n) is 14.2. The summed E-state index contributed by atoms with van der Waals surface area (Å²) in [6.07, 6.45) is -4.56. The summed E-state index contributed by atoms with van der Waals surface area (Å²) in [4.78, 5) is 26.0. The average Bonchev–Trinajstić information content (AvgIpc) is 3.08. The molecule has 0 fully saturated rings. The van der Waals surface area contributed by atoms with Crippen molar-refractivity contribution in [3.05, 3.63) is 46.2 Å². The molecule has 0 saturated carbocycles. The lowest BCUT2D eigenvalue weighted by atomic mass is 10.1. The van der Waals surface area contributed by atoms with Crippen LogP contribution in [0.2, 0.25) is 0 Å². The number of amides is 2. The second-order valence-corrected chi connectivity index (χ2v) is 6.60. The van der Waals surface area contributed by atoms with Crippen LogP contribution in [-0.2, 0) is 11.0 Å². The van der Waals surface area contributed by atoms with Crippen LogP contribution < -0.4 is 15.5 Å². The predicted octanol–water partition coefficient (Wildman–Crippen LogP) is 3.59. The largest absolute Gasteiger partial charge is 0.416 e. The molecular weight excluding hydrogens is 367 g/mol. The van der Waals surface area contributed by atoms with Crippen LogP contribution in [0.5, 0.6) is 0 Å². The number of nitrogens with one attached hydrogen (secondary N) is 2. The van der Waals surface area contributed by atoms with Crippen LogP contribution in [0.1, 0.15) is 21.7 Å². The number of anilines is 2. The molecule has 1 aromatic heterocycles. The number of benzene rings is 1. The maximum absolute atomic E-state index is 12.9. The van der Waals surface area contributed by atoms with Crippen LogP contribution in [-0.4, -0.2) is 32.5 Å². The van der Waals surface area contributed by atoms with Gasteiger partial charge in [-0.15, -0.1) is 11.3 Å². The quantitative estimate of drug-likeness (QED) is 0.799. The molecule has 0 saturated heterocycles. The first-order valence-corrected chi connectivity index (χ1v) is 8.56. The van der Waals surface area contributed by atoms with Gasteiger partial charge in [-0.1, -0.05) is 6.07 Å². The van der Waals surface area contributed by atoms with Crippen molar-refractivity contribution in [1.82, 2.24) is 5.32 Å². The van der Waals surface area contributed by atoms with Crippen LogP contribution in [0.3, 0.4) is 0 Å². The average molecular weight is 385 g/mol. The van der Waals surface area contributed by atoms with Gasteiger partial charge < -0.3 is 15.5 Å². The Kier molecular flexibility index (Phi) is 6.25. The molecule has 0 aliphatic rings. The van der Waals surface area contributed by atoms with Crippen molar-refractivity contribution in [2.75, 3.05) is 30.9 Å². The number of thiophene rings is 1. The Bertz CT molecular complexity index is 774. The van der Waals surface area contributed by atoms with Gasteiger partial charge in [-0.2, -0.15) is 13.2 Å². The number of halogens is 3. The number of rotatable bonds is 6. The van der Waals surface area contributed by atoms with Gasteiger partial charge in [0.2, 0.25) is 5.91 Å². The van der Waals surface area contributed by atoms with Gasteiger partial charge in [-0.25, -0.2) is 0 Å². The first kappa shape index (κ1) is 19.8. The number of nitrogens with zero attached hydrogens (tertiary/aromatic N) is 1. The van der Waals surface area contributed by atoms with E-state index in [-0.39, 0.29) is 24.6 Å². The Balaban J connectivity index is 1.99. The Morgan fingerprint density at radius 1 is 1.19 bits per heavy atom. The maximum atomic E-state index is 12.9. The lowest BCUT2D eigenvalue weighted by Crippen LogP contribution is -2.27. The van der Waals surface area contributed by atoms with E-state index >= 15 is 0 Å². The van der Waals surface area contributed by atoms with E-state index in [2.05, 4.69) is 10.6 Å². The summed E-state index contributed by atoms with van der Waals surface area (Å²) < 4.78 is 38.7. The standard InChI is InChI=1S/C17H18F3N3O2S/c1-23(2)13-6-5-11(17(18,19)20)10-12(13)22-15(24)7-8-21-16(25)14-4-3-9-26-14/h3-6,9-10H,7-8H2,1-2H3,(H,21,25)(H,22,24). The zero-order chi connectivity index (χ0) is 19.3. The van der Waals surface area contributed by atoms with Crippen molar-refractivity contribution in [1.29, 1.82) is 0 Å². The van der Waals surface area contributed by atoms with Crippen LogP contribution in [0.15, 0.2) is 35.7 Å². The fourth-order valence-corrected chi connectivity index (χ4v) is 2.84. The van der Waals surface area contributed by atoms with Gasteiger partial charge in [0.25, 0.3) is 5.91 Å². The van der Waals surface area contributed by atoms with Crippen molar-refractivity contribution < 1.29 is 22.8 Å². The van der Waals surface area contributed by atoms with E-state index in [1.165, 1.54) is 17.4 Å². The van der Waals surface area contributed by atoms with Gasteiger partial charge in [-0.05, 0) is 29.6 Å². The third kappa shape index (κ3) is 5.22. The highest BCUT2D eigenvalue weighted by Gasteiger charge is 2.31. The van der Waals surface area contributed by atoms with E-state index in [0.29, 0.717) is 10.6 Å². The van der Waals surface area contributed by atoms with Crippen molar-refractivity contribution in [2.45, 2.75) is 12.6 Å². The SMILES string of the molecule is CN(C)c1ccc(C(F)(F)F)cc1NC(=O)CCNC(=O)c1cccs1. The van der Waals surface area contributed by atoms with Crippen LogP contribution in [0.25, 0.3) is 0 Å². The zero-order valence-corrected chi connectivity index (χ0v) is 15.0. The second kappa shape index (κ2) is 8.22. The van der Waals surface area contributed by atoms with Crippen LogP contribution >= 0.6 is 11.3 Å². The van der Waals surface area contributed by atoms with Gasteiger partial charge >= 0.3 is 6.18 Å². The topological polar surface area (TPSA) is 61.4 Å². The van der Waals surface area contributed by atoms with Crippen molar-refractivity contribution in [3.8, 4) is 0 Å². The number of alkyl halides is 3. The van der Waals surface area contributed by atoms with Gasteiger partial charge in [0.1, 0.15) is 0 Å². The monoisotopic (exact) mass is 385 g/mol. The van der Waals surface area contributed by atoms with Crippen molar-refractivity contribution in [2.24, 2.45) is 0 Å². The van der Waals surface area contributed by atoms with Crippen molar-refractivity contribution >= 4 is 34.5 Å². The minimum absolute atomic E-state index is 0.0553. The Morgan fingerprint density at radius 2 is 1.92 bits per heavy atom. The summed E-state index contributed by atoms with van der Waals surface area (Å²) in [5.74, 6) is -0.778. The summed E-state index contributed by atoms with van der Waals surface area (Å²) in [6, 6.07) is 6.56.